The zero-order valence-electron chi connectivity index (χ0n) is 14.1. The first-order chi connectivity index (χ1) is 12.2. The van der Waals surface area contributed by atoms with Gasteiger partial charge in [-0.05, 0) is 25.1 Å². The maximum atomic E-state index is 10.0. The number of rotatable bonds is 6. The molecule has 0 radical (unpaired) electrons. The summed E-state index contributed by atoms with van der Waals surface area (Å²) in [6.07, 6.45) is 5.14. The summed E-state index contributed by atoms with van der Waals surface area (Å²) < 4.78 is 0. The van der Waals surface area contributed by atoms with E-state index in [0.717, 1.165) is 22.5 Å². The van der Waals surface area contributed by atoms with E-state index in [4.69, 9.17) is 0 Å². The number of aromatic nitrogens is 3. The number of phenols is 1. The van der Waals surface area contributed by atoms with E-state index in [0.29, 0.717) is 12.4 Å². The largest absolute Gasteiger partial charge is 0.508 e. The fourth-order valence-corrected chi connectivity index (χ4v) is 2.57. The molecular formula is C20H20N4O. The number of nitrogens with one attached hydrogen (secondary N) is 1. The molecule has 0 spiro atoms. The van der Waals surface area contributed by atoms with E-state index >= 15 is 0 Å². The van der Waals surface area contributed by atoms with E-state index in [1.54, 1.807) is 18.3 Å². The molecule has 0 aliphatic rings. The van der Waals surface area contributed by atoms with E-state index in [9.17, 15) is 5.11 Å². The highest BCUT2D eigenvalue weighted by Gasteiger charge is 2.12. The van der Waals surface area contributed by atoms with E-state index < -0.39 is 0 Å². The number of hydrogen-bond acceptors (Lipinski definition) is 5. The van der Waals surface area contributed by atoms with Crippen LogP contribution < -0.4 is 5.32 Å². The Kier molecular flexibility index (Phi) is 5.04. The summed E-state index contributed by atoms with van der Waals surface area (Å²) in [6, 6.07) is 13.1. The predicted molar refractivity (Wildman–Crippen MR) is 99.5 cm³/mol. The lowest BCUT2D eigenvalue weighted by Crippen LogP contribution is -2.12. The minimum atomic E-state index is -0.0272. The third-order valence-corrected chi connectivity index (χ3v) is 4.00. The summed E-state index contributed by atoms with van der Waals surface area (Å²) >= 11 is 0. The van der Waals surface area contributed by atoms with Gasteiger partial charge in [0.15, 0.2) is 0 Å². The van der Waals surface area contributed by atoms with Crippen LogP contribution in [-0.2, 0) is 0 Å². The van der Waals surface area contributed by atoms with Gasteiger partial charge in [-0.25, -0.2) is 9.97 Å². The SMILES string of the molecule is C=C[C@H](CNc1cc(-c2ccc(C)nc2)ncn1)c1ccccc1O. The quantitative estimate of drug-likeness (QED) is 0.669. The standard InChI is InChI=1S/C20H20N4O/c1-3-15(17-6-4-5-7-19(17)25)11-22-20-10-18(23-13-24-20)16-9-8-14(2)21-12-16/h3-10,12-13,15,25H,1,11H2,2H3,(H,22,23,24)/t15-/m1/s1. The van der Waals surface area contributed by atoms with Crippen molar-refractivity contribution in [1.82, 2.24) is 15.0 Å². The van der Waals surface area contributed by atoms with Gasteiger partial charge in [0.25, 0.3) is 0 Å². The van der Waals surface area contributed by atoms with Crippen molar-refractivity contribution < 1.29 is 5.11 Å². The van der Waals surface area contributed by atoms with Gasteiger partial charge in [0.05, 0.1) is 5.69 Å². The Morgan fingerprint density at radius 3 is 2.72 bits per heavy atom. The molecule has 0 fully saturated rings. The van der Waals surface area contributed by atoms with Crippen molar-refractivity contribution in [3.63, 3.8) is 0 Å². The highest BCUT2D eigenvalue weighted by Crippen LogP contribution is 2.26. The minimum absolute atomic E-state index is 0.0272. The van der Waals surface area contributed by atoms with Crippen LogP contribution >= 0.6 is 0 Å². The second-order valence-electron chi connectivity index (χ2n) is 5.76. The fourth-order valence-electron chi connectivity index (χ4n) is 2.57. The Hall–Kier alpha value is -3.21. The van der Waals surface area contributed by atoms with E-state index in [1.807, 2.05) is 43.3 Å². The van der Waals surface area contributed by atoms with Crippen molar-refractivity contribution in [2.75, 3.05) is 11.9 Å². The van der Waals surface area contributed by atoms with Crippen molar-refractivity contribution >= 4 is 5.82 Å². The number of pyridine rings is 1. The molecule has 1 atom stereocenters. The van der Waals surface area contributed by atoms with Crippen molar-refractivity contribution in [2.24, 2.45) is 0 Å². The molecule has 2 heterocycles. The Bertz CT molecular complexity index is 862. The van der Waals surface area contributed by atoms with Crippen LogP contribution in [0.2, 0.25) is 0 Å². The first-order valence-corrected chi connectivity index (χ1v) is 8.07. The second-order valence-corrected chi connectivity index (χ2v) is 5.76. The fraction of sp³-hybridized carbons (Fsp3) is 0.150. The molecule has 5 nitrogen and oxygen atoms in total. The summed E-state index contributed by atoms with van der Waals surface area (Å²) in [5, 5.41) is 13.3. The first-order valence-electron chi connectivity index (χ1n) is 8.07. The molecular weight excluding hydrogens is 312 g/mol. The number of para-hydroxylation sites is 1. The monoisotopic (exact) mass is 332 g/mol. The normalized spacial score (nSPS) is 11.7. The number of aromatic hydroxyl groups is 1. The average Bonchev–Trinajstić information content (AvgIpc) is 2.64. The zero-order valence-corrected chi connectivity index (χ0v) is 14.1. The van der Waals surface area contributed by atoms with Gasteiger partial charge in [-0.2, -0.15) is 0 Å². The van der Waals surface area contributed by atoms with Crippen LogP contribution in [0, 0.1) is 6.92 Å². The number of benzene rings is 1. The summed E-state index contributed by atoms with van der Waals surface area (Å²) in [6.45, 7) is 6.39. The number of phenolic OH excluding ortho intramolecular Hbond substituents is 1. The number of hydrogen-bond donors (Lipinski definition) is 2. The van der Waals surface area contributed by atoms with Crippen LogP contribution in [0.15, 0.2) is 67.6 Å². The van der Waals surface area contributed by atoms with Crippen molar-refractivity contribution in [2.45, 2.75) is 12.8 Å². The average molecular weight is 332 g/mol. The van der Waals surface area contributed by atoms with Gasteiger partial charge in [0.2, 0.25) is 0 Å². The molecule has 0 unspecified atom stereocenters. The Morgan fingerprint density at radius 1 is 1.16 bits per heavy atom. The van der Waals surface area contributed by atoms with Gasteiger partial charge < -0.3 is 10.4 Å². The lowest BCUT2D eigenvalue weighted by molar-refractivity contribution is 0.466. The second kappa shape index (κ2) is 7.57. The summed E-state index contributed by atoms with van der Waals surface area (Å²) in [7, 11) is 0. The molecule has 2 N–H and O–H groups in total. The molecule has 0 bridgehead atoms. The number of anilines is 1. The van der Waals surface area contributed by atoms with Crippen molar-refractivity contribution in [3.05, 3.63) is 78.9 Å². The molecule has 2 aromatic heterocycles. The summed E-state index contributed by atoms with van der Waals surface area (Å²) in [5.41, 5.74) is 3.55. The number of nitrogens with zero attached hydrogens (tertiary/aromatic N) is 3. The minimum Gasteiger partial charge on any atom is -0.508 e. The van der Waals surface area contributed by atoms with Gasteiger partial charge in [-0.1, -0.05) is 24.3 Å². The van der Waals surface area contributed by atoms with Crippen LogP contribution in [0.25, 0.3) is 11.3 Å². The molecule has 1 aromatic carbocycles. The lowest BCUT2D eigenvalue weighted by atomic mass is 9.98. The van der Waals surface area contributed by atoms with Gasteiger partial charge in [0.1, 0.15) is 17.9 Å². The van der Waals surface area contributed by atoms with E-state index in [2.05, 4.69) is 26.8 Å². The Morgan fingerprint density at radius 2 is 2.00 bits per heavy atom. The maximum absolute atomic E-state index is 10.0. The highest BCUT2D eigenvalue weighted by atomic mass is 16.3. The first kappa shape index (κ1) is 16.6. The Balaban J connectivity index is 1.75. The smallest absolute Gasteiger partial charge is 0.129 e. The molecule has 126 valence electrons. The molecule has 5 heteroatoms. The van der Waals surface area contributed by atoms with E-state index in [1.165, 1.54) is 6.33 Å². The highest BCUT2D eigenvalue weighted by molar-refractivity contribution is 5.61. The third-order valence-electron chi connectivity index (χ3n) is 4.00. The lowest BCUT2D eigenvalue weighted by Gasteiger charge is -2.16. The maximum Gasteiger partial charge on any atom is 0.129 e. The molecule has 3 aromatic rings. The summed E-state index contributed by atoms with van der Waals surface area (Å²) in [4.78, 5) is 12.9. The van der Waals surface area contributed by atoms with Gasteiger partial charge in [-0.15, -0.1) is 6.58 Å². The molecule has 0 saturated carbocycles. The molecule has 0 aliphatic carbocycles. The topological polar surface area (TPSA) is 70.9 Å². The zero-order chi connectivity index (χ0) is 17.6. The molecule has 25 heavy (non-hydrogen) atoms. The van der Waals surface area contributed by atoms with Crippen molar-refractivity contribution in [3.8, 4) is 17.0 Å². The predicted octanol–water partition coefficient (Wildman–Crippen LogP) is 3.93. The van der Waals surface area contributed by atoms with Crippen LogP contribution in [0.5, 0.6) is 5.75 Å². The van der Waals surface area contributed by atoms with E-state index in [-0.39, 0.29) is 11.7 Å². The molecule has 0 amide bonds. The van der Waals surface area contributed by atoms with Gasteiger partial charge in [-0.3, -0.25) is 4.98 Å². The summed E-state index contributed by atoms with van der Waals surface area (Å²) in [5.74, 6) is 0.955. The molecule has 0 aliphatic heterocycles. The molecule has 0 saturated heterocycles. The number of aryl methyl sites for hydroxylation is 1. The van der Waals surface area contributed by atoms with Gasteiger partial charge in [0, 0.05) is 41.5 Å². The van der Waals surface area contributed by atoms with Gasteiger partial charge >= 0.3 is 0 Å². The third kappa shape index (κ3) is 4.01. The van der Waals surface area contributed by atoms with Crippen LogP contribution in [-0.4, -0.2) is 26.6 Å². The van der Waals surface area contributed by atoms with Crippen LogP contribution in [0.1, 0.15) is 17.2 Å². The van der Waals surface area contributed by atoms with Crippen molar-refractivity contribution in [1.29, 1.82) is 0 Å². The van der Waals surface area contributed by atoms with Crippen LogP contribution in [0.3, 0.4) is 0 Å². The molecule has 3 rings (SSSR count). The Labute approximate surface area is 147 Å². The van der Waals surface area contributed by atoms with Crippen LogP contribution in [0.4, 0.5) is 5.82 Å².